The summed E-state index contributed by atoms with van der Waals surface area (Å²) in [7, 11) is 0. The quantitative estimate of drug-likeness (QED) is 0.610. The van der Waals surface area contributed by atoms with Crippen molar-refractivity contribution < 1.29 is 19.0 Å². The zero-order chi connectivity index (χ0) is 20.5. The molecular formula is C23H19ClFNO3. The highest BCUT2D eigenvalue weighted by molar-refractivity contribution is 6.31. The molecule has 2 aromatic carbocycles. The van der Waals surface area contributed by atoms with Crippen molar-refractivity contribution >= 4 is 34.5 Å². The molecule has 0 amide bonds. The SMILES string of the molecule is Cc1nc2ccc(Cl)cc2c(-c2ccc(F)cc2)c1C=CC1CC(O)CC(=O)O1. The van der Waals surface area contributed by atoms with Crippen LogP contribution in [0, 0.1) is 12.7 Å². The standard InChI is InChI=1S/C23H19ClFNO3/c1-13-19(8-7-18-11-17(27)12-22(28)29-18)23(14-2-5-16(25)6-3-14)20-10-15(24)4-9-21(20)26-13/h2-10,17-18,27H,11-12H2,1H3. The highest BCUT2D eigenvalue weighted by Crippen LogP contribution is 2.35. The van der Waals surface area contributed by atoms with Gasteiger partial charge in [0.25, 0.3) is 0 Å². The van der Waals surface area contributed by atoms with E-state index < -0.39 is 18.2 Å². The first-order valence-corrected chi connectivity index (χ1v) is 9.70. The fourth-order valence-electron chi connectivity index (χ4n) is 3.63. The summed E-state index contributed by atoms with van der Waals surface area (Å²) in [5.41, 5.74) is 4.07. The van der Waals surface area contributed by atoms with Crippen LogP contribution in [-0.4, -0.2) is 28.3 Å². The van der Waals surface area contributed by atoms with E-state index >= 15 is 0 Å². The molecule has 1 aliphatic rings. The summed E-state index contributed by atoms with van der Waals surface area (Å²) in [6.45, 7) is 1.89. The highest BCUT2D eigenvalue weighted by Gasteiger charge is 2.25. The van der Waals surface area contributed by atoms with Gasteiger partial charge in [-0.25, -0.2) is 4.39 Å². The molecule has 0 spiro atoms. The smallest absolute Gasteiger partial charge is 0.309 e. The van der Waals surface area contributed by atoms with Crippen molar-refractivity contribution in [1.29, 1.82) is 0 Å². The molecule has 148 valence electrons. The van der Waals surface area contributed by atoms with Gasteiger partial charge in [-0.3, -0.25) is 9.78 Å². The van der Waals surface area contributed by atoms with Crippen molar-refractivity contribution in [3.05, 3.63) is 70.6 Å². The predicted molar refractivity (Wildman–Crippen MR) is 111 cm³/mol. The monoisotopic (exact) mass is 411 g/mol. The van der Waals surface area contributed by atoms with Gasteiger partial charge >= 0.3 is 5.97 Å². The minimum atomic E-state index is -0.711. The Morgan fingerprint density at radius 2 is 2.00 bits per heavy atom. The maximum absolute atomic E-state index is 13.5. The fraction of sp³-hybridized carbons (Fsp3) is 0.217. The molecular weight excluding hydrogens is 393 g/mol. The molecule has 1 saturated heterocycles. The number of hydrogen-bond donors (Lipinski definition) is 1. The number of benzene rings is 2. The van der Waals surface area contributed by atoms with Crippen LogP contribution in [0.3, 0.4) is 0 Å². The molecule has 0 bridgehead atoms. The number of cyclic esters (lactones) is 1. The van der Waals surface area contributed by atoms with Crippen LogP contribution in [0.5, 0.6) is 0 Å². The minimum absolute atomic E-state index is 0.0141. The molecule has 3 aromatic rings. The van der Waals surface area contributed by atoms with Gasteiger partial charge < -0.3 is 9.84 Å². The summed E-state index contributed by atoms with van der Waals surface area (Å²) in [5.74, 6) is -0.737. The molecule has 29 heavy (non-hydrogen) atoms. The highest BCUT2D eigenvalue weighted by atomic mass is 35.5. The number of esters is 1. The third-order valence-electron chi connectivity index (χ3n) is 4.98. The molecule has 1 fully saturated rings. The fourth-order valence-corrected chi connectivity index (χ4v) is 3.81. The van der Waals surface area contributed by atoms with Gasteiger partial charge in [-0.2, -0.15) is 0 Å². The molecule has 0 saturated carbocycles. The van der Waals surface area contributed by atoms with Crippen LogP contribution in [0.15, 0.2) is 48.5 Å². The van der Waals surface area contributed by atoms with Gasteiger partial charge in [0.05, 0.1) is 18.0 Å². The van der Waals surface area contributed by atoms with E-state index in [2.05, 4.69) is 4.98 Å². The van der Waals surface area contributed by atoms with Crippen LogP contribution < -0.4 is 0 Å². The van der Waals surface area contributed by atoms with E-state index in [1.807, 2.05) is 25.1 Å². The van der Waals surface area contributed by atoms with Crippen LogP contribution in [0.2, 0.25) is 5.02 Å². The van der Waals surface area contributed by atoms with E-state index in [-0.39, 0.29) is 12.2 Å². The number of rotatable bonds is 3. The first-order valence-electron chi connectivity index (χ1n) is 9.32. The largest absolute Gasteiger partial charge is 0.458 e. The van der Waals surface area contributed by atoms with Crippen LogP contribution in [-0.2, 0) is 9.53 Å². The van der Waals surface area contributed by atoms with E-state index in [9.17, 15) is 14.3 Å². The number of carbonyl (C=O) groups is 1. The molecule has 1 aromatic heterocycles. The number of ether oxygens (including phenoxy) is 1. The number of aromatic nitrogens is 1. The van der Waals surface area contributed by atoms with Crippen LogP contribution in [0.4, 0.5) is 4.39 Å². The maximum Gasteiger partial charge on any atom is 0.309 e. The number of pyridine rings is 1. The summed E-state index contributed by atoms with van der Waals surface area (Å²) < 4.78 is 18.8. The van der Waals surface area contributed by atoms with Gasteiger partial charge in [0.15, 0.2) is 0 Å². The topological polar surface area (TPSA) is 59.4 Å². The van der Waals surface area contributed by atoms with Gasteiger partial charge in [-0.15, -0.1) is 0 Å². The number of aliphatic hydroxyl groups is 1. The third kappa shape index (κ3) is 4.16. The van der Waals surface area contributed by atoms with Gasteiger partial charge in [0.1, 0.15) is 11.9 Å². The Bertz CT molecular complexity index is 1110. The van der Waals surface area contributed by atoms with Crippen molar-refractivity contribution in [3.8, 4) is 11.1 Å². The number of halogens is 2. The predicted octanol–water partition coefficient (Wildman–Crippen LogP) is 5.08. The summed E-state index contributed by atoms with van der Waals surface area (Å²) in [4.78, 5) is 16.3. The first-order chi connectivity index (χ1) is 13.9. The summed E-state index contributed by atoms with van der Waals surface area (Å²) in [5, 5.41) is 11.3. The lowest BCUT2D eigenvalue weighted by atomic mass is 9.93. The average molecular weight is 412 g/mol. The molecule has 4 rings (SSSR count). The summed E-state index contributed by atoms with van der Waals surface area (Å²) >= 11 is 6.24. The second-order valence-corrected chi connectivity index (χ2v) is 7.57. The second kappa shape index (κ2) is 7.93. The molecule has 4 nitrogen and oxygen atoms in total. The Labute approximate surface area is 172 Å². The molecule has 0 aliphatic carbocycles. The molecule has 6 heteroatoms. The number of aryl methyl sites for hydroxylation is 1. The van der Waals surface area contributed by atoms with E-state index in [0.717, 1.165) is 33.3 Å². The molecule has 0 radical (unpaired) electrons. The lowest BCUT2D eigenvalue weighted by Gasteiger charge is -2.23. The van der Waals surface area contributed by atoms with Gasteiger partial charge in [-0.05, 0) is 48.9 Å². The molecule has 1 aliphatic heterocycles. The van der Waals surface area contributed by atoms with Gasteiger partial charge in [0.2, 0.25) is 0 Å². The Morgan fingerprint density at radius 1 is 1.24 bits per heavy atom. The molecule has 2 unspecified atom stereocenters. The van der Waals surface area contributed by atoms with E-state index in [1.165, 1.54) is 12.1 Å². The van der Waals surface area contributed by atoms with Gasteiger partial charge in [-0.1, -0.05) is 29.8 Å². The first kappa shape index (κ1) is 19.6. The Hall–Kier alpha value is -2.76. The zero-order valence-electron chi connectivity index (χ0n) is 15.7. The summed E-state index contributed by atoms with van der Waals surface area (Å²) in [6, 6.07) is 11.7. The Balaban J connectivity index is 1.87. The average Bonchev–Trinajstić information content (AvgIpc) is 2.66. The van der Waals surface area contributed by atoms with Crippen molar-refractivity contribution in [2.45, 2.75) is 32.0 Å². The molecule has 2 heterocycles. The van der Waals surface area contributed by atoms with E-state index in [1.54, 1.807) is 24.3 Å². The summed E-state index contributed by atoms with van der Waals surface area (Å²) in [6.07, 6.45) is 2.74. The number of fused-ring (bicyclic) bond motifs is 1. The lowest BCUT2D eigenvalue weighted by molar-refractivity contribution is -0.156. The Kier molecular flexibility index (Phi) is 5.35. The van der Waals surface area contributed by atoms with Crippen LogP contribution >= 0.6 is 11.6 Å². The van der Waals surface area contributed by atoms with Crippen molar-refractivity contribution in [2.75, 3.05) is 0 Å². The second-order valence-electron chi connectivity index (χ2n) is 7.14. The normalized spacial score (nSPS) is 19.7. The van der Waals surface area contributed by atoms with E-state index in [4.69, 9.17) is 16.3 Å². The number of aliphatic hydroxyl groups excluding tert-OH is 1. The third-order valence-corrected chi connectivity index (χ3v) is 5.21. The molecule has 1 N–H and O–H groups in total. The lowest BCUT2D eigenvalue weighted by Crippen LogP contribution is -2.31. The van der Waals surface area contributed by atoms with Crippen LogP contribution in [0.25, 0.3) is 28.1 Å². The zero-order valence-corrected chi connectivity index (χ0v) is 16.5. The van der Waals surface area contributed by atoms with E-state index in [0.29, 0.717) is 11.4 Å². The van der Waals surface area contributed by atoms with Crippen LogP contribution in [0.1, 0.15) is 24.1 Å². The number of hydrogen-bond acceptors (Lipinski definition) is 4. The Morgan fingerprint density at radius 3 is 2.72 bits per heavy atom. The van der Waals surface area contributed by atoms with Crippen molar-refractivity contribution in [2.24, 2.45) is 0 Å². The van der Waals surface area contributed by atoms with Crippen molar-refractivity contribution in [3.63, 3.8) is 0 Å². The minimum Gasteiger partial charge on any atom is -0.458 e. The van der Waals surface area contributed by atoms with Gasteiger partial charge in [0, 0.05) is 33.7 Å². The number of carbonyl (C=O) groups excluding carboxylic acids is 1. The molecule has 2 atom stereocenters. The van der Waals surface area contributed by atoms with Crippen molar-refractivity contribution in [1.82, 2.24) is 4.98 Å². The maximum atomic E-state index is 13.5. The number of nitrogens with zero attached hydrogens (tertiary/aromatic N) is 1.